The molecule has 1 amide bonds. The van der Waals surface area contributed by atoms with Gasteiger partial charge in [-0.1, -0.05) is 0 Å². The molecule has 0 spiro atoms. The minimum atomic E-state index is 0.558. The predicted octanol–water partition coefficient (Wildman–Crippen LogP) is 0.286. The lowest BCUT2D eigenvalue weighted by Gasteiger charge is -1.83. The molecule has 0 saturated carbocycles. The van der Waals surface area contributed by atoms with Gasteiger partial charge < -0.3 is 5.32 Å². The van der Waals surface area contributed by atoms with E-state index in [1.54, 1.807) is 6.07 Å². The Morgan fingerprint density at radius 3 is 3.11 bits per heavy atom. The summed E-state index contributed by atoms with van der Waals surface area (Å²) in [6.07, 6.45) is 0.593. The molecule has 0 saturated heterocycles. The van der Waals surface area contributed by atoms with Crippen molar-refractivity contribution in [2.45, 2.75) is 6.92 Å². The standard InChI is InChI=1S/C5H7N3O/c1-4-2-5(6-3-9)8-7-4/h2-3H,1H3,(H2,6,7,8,9). The molecule has 1 aromatic rings. The number of nitrogens with zero attached hydrogens (tertiary/aromatic N) is 1. The minimum Gasteiger partial charge on any atom is -0.312 e. The lowest BCUT2D eigenvalue weighted by atomic mass is 10.5. The van der Waals surface area contributed by atoms with E-state index in [1.165, 1.54) is 0 Å². The second-order valence-corrected chi connectivity index (χ2v) is 1.70. The summed E-state index contributed by atoms with van der Waals surface area (Å²) >= 11 is 0. The molecule has 0 aliphatic heterocycles. The number of amides is 1. The SMILES string of the molecule is Cc1cc(NC=O)n[nH]1. The molecule has 4 heteroatoms. The van der Waals surface area contributed by atoms with Crippen molar-refractivity contribution in [2.75, 3.05) is 5.32 Å². The van der Waals surface area contributed by atoms with E-state index >= 15 is 0 Å². The number of aryl methyl sites for hydroxylation is 1. The van der Waals surface area contributed by atoms with Gasteiger partial charge in [0.25, 0.3) is 0 Å². The van der Waals surface area contributed by atoms with Gasteiger partial charge in [-0.05, 0) is 6.92 Å². The van der Waals surface area contributed by atoms with Crippen LogP contribution in [0.5, 0.6) is 0 Å². The van der Waals surface area contributed by atoms with E-state index in [4.69, 9.17) is 0 Å². The fourth-order valence-corrected chi connectivity index (χ4v) is 0.552. The Morgan fingerprint density at radius 2 is 2.67 bits per heavy atom. The van der Waals surface area contributed by atoms with Crippen LogP contribution in [0.3, 0.4) is 0 Å². The summed E-state index contributed by atoms with van der Waals surface area (Å²) in [7, 11) is 0. The zero-order chi connectivity index (χ0) is 6.69. The summed E-state index contributed by atoms with van der Waals surface area (Å²) in [6.45, 7) is 1.86. The molecule has 0 aliphatic rings. The maximum absolute atomic E-state index is 9.82. The zero-order valence-corrected chi connectivity index (χ0v) is 5.01. The van der Waals surface area contributed by atoms with Crippen molar-refractivity contribution in [3.63, 3.8) is 0 Å². The Labute approximate surface area is 52.3 Å². The van der Waals surface area contributed by atoms with Gasteiger partial charge in [0.2, 0.25) is 6.41 Å². The first-order valence-electron chi connectivity index (χ1n) is 2.55. The van der Waals surface area contributed by atoms with Crippen molar-refractivity contribution in [1.82, 2.24) is 10.2 Å². The van der Waals surface area contributed by atoms with E-state index in [2.05, 4.69) is 15.5 Å². The molecule has 2 N–H and O–H groups in total. The van der Waals surface area contributed by atoms with Gasteiger partial charge in [0.15, 0.2) is 5.82 Å². The highest BCUT2D eigenvalue weighted by Crippen LogP contribution is 2.00. The van der Waals surface area contributed by atoms with Crippen LogP contribution in [-0.2, 0) is 4.79 Å². The molecule has 0 atom stereocenters. The molecule has 0 aliphatic carbocycles. The van der Waals surface area contributed by atoms with Crippen LogP contribution in [0.25, 0.3) is 0 Å². The highest BCUT2D eigenvalue weighted by atomic mass is 16.1. The molecule has 4 nitrogen and oxygen atoms in total. The number of aromatic nitrogens is 2. The van der Waals surface area contributed by atoms with Gasteiger partial charge in [-0.2, -0.15) is 5.10 Å². The summed E-state index contributed by atoms with van der Waals surface area (Å²) in [5.41, 5.74) is 0.930. The number of carbonyl (C=O) groups is 1. The van der Waals surface area contributed by atoms with E-state index in [0.717, 1.165) is 5.69 Å². The molecule has 1 aromatic heterocycles. The Morgan fingerprint density at radius 1 is 1.89 bits per heavy atom. The van der Waals surface area contributed by atoms with Gasteiger partial charge in [-0.25, -0.2) is 0 Å². The highest BCUT2D eigenvalue weighted by molar-refractivity contribution is 5.68. The van der Waals surface area contributed by atoms with E-state index in [0.29, 0.717) is 12.2 Å². The Balaban J connectivity index is 2.72. The van der Waals surface area contributed by atoms with Crippen molar-refractivity contribution >= 4 is 12.2 Å². The van der Waals surface area contributed by atoms with Gasteiger partial charge in [0.05, 0.1) is 0 Å². The van der Waals surface area contributed by atoms with E-state index in [1.807, 2.05) is 6.92 Å². The first-order chi connectivity index (χ1) is 4.33. The smallest absolute Gasteiger partial charge is 0.212 e. The average molecular weight is 125 g/mol. The van der Waals surface area contributed by atoms with Gasteiger partial charge in [-0.15, -0.1) is 0 Å². The zero-order valence-electron chi connectivity index (χ0n) is 5.01. The summed E-state index contributed by atoms with van der Waals surface area (Å²) in [5.74, 6) is 0.558. The summed E-state index contributed by atoms with van der Waals surface area (Å²) in [5, 5.41) is 8.83. The second-order valence-electron chi connectivity index (χ2n) is 1.70. The third kappa shape index (κ3) is 1.28. The highest BCUT2D eigenvalue weighted by Gasteiger charge is 1.91. The van der Waals surface area contributed by atoms with Crippen molar-refractivity contribution < 1.29 is 4.79 Å². The molecule has 0 aromatic carbocycles. The fourth-order valence-electron chi connectivity index (χ4n) is 0.552. The van der Waals surface area contributed by atoms with Crippen molar-refractivity contribution in [1.29, 1.82) is 0 Å². The maximum atomic E-state index is 9.82. The Bertz CT molecular complexity index is 206. The molecule has 48 valence electrons. The molecule has 0 fully saturated rings. The quantitative estimate of drug-likeness (QED) is 0.558. The van der Waals surface area contributed by atoms with Crippen LogP contribution in [0.2, 0.25) is 0 Å². The van der Waals surface area contributed by atoms with Gasteiger partial charge in [-0.3, -0.25) is 9.89 Å². The average Bonchev–Trinajstić information content (AvgIpc) is 2.17. The number of carbonyl (C=O) groups excluding carboxylic acids is 1. The number of anilines is 1. The first kappa shape index (κ1) is 5.81. The maximum Gasteiger partial charge on any atom is 0.212 e. The molecular weight excluding hydrogens is 118 g/mol. The van der Waals surface area contributed by atoms with Crippen LogP contribution in [0, 0.1) is 6.92 Å². The summed E-state index contributed by atoms with van der Waals surface area (Å²) < 4.78 is 0. The molecule has 9 heavy (non-hydrogen) atoms. The van der Waals surface area contributed by atoms with E-state index in [9.17, 15) is 4.79 Å². The van der Waals surface area contributed by atoms with Crippen LogP contribution >= 0.6 is 0 Å². The normalized spacial score (nSPS) is 9.00. The number of nitrogens with one attached hydrogen (secondary N) is 2. The molecule has 0 radical (unpaired) electrons. The van der Waals surface area contributed by atoms with Gasteiger partial charge >= 0.3 is 0 Å². The number of aromatic amines is 1. The third-order valence-electron chi connectivity index (χ3n) is 0.913. The van der Waals surface area contributed by atoms with Crippen molar-refractivity contribution in [3.05, 3.63) is 11.8 Å². The number of rotatable bonds is 2. The third-order valence-corrected chi connectivity index (χ3v) is 0.913. The Kier molecular flexibility index (Phi) is 1.48. The van der Waals surface area contributed by atoms with Crippen LogP contribution < -0.4 is 5.32 Å². The lowest BCUT2D eigenvalue weighted by Crippen LogP contribution is -1.92. The summed E-state index contributed by atoms with van der Waals surface area (Å²) in [4.78, 5) is 9.82. The molecule has 0 bridgehead atoms. The van der Waals surface area contributed by atoms with Crippen LogP contribution in [0.15, 0.2) is 6.07 Å². The molecule has 1 rings (SSSR count). The molecule has 1 heterocycles. The largest absolute Gasteiger partial charge is 0.312 e. The molecular formula is C5H7N3O. The minimum absolute atomic E-state index is 0.558. The predicted molar refractivity (Wildman–Crippen MR) is 33.0 cm³/mol. The van der Waals surface area contributed by atoms with E-state index < -0.39 is 0 Å². The number of hydrogen-bond donors (Lipinski definition) is 2. The van der Waals surface area contributed by atoms with Crippen LogP contribution in [0.1, 0.15) is 5.69 Å². The second kappa shape index (κ2) is 2.30. The monoisotopic (exact) mass is 125 g/mol. The number of hydrogen-bond acceptors (Lipinski definition) is 2. The van der Waals surface area contributed by atoms with Crippen molar-refractivity contribution in [2.24, 2.45) is 0 Å². The van der Waals surface area contributed by atoms with Crippen molar-refractivity contribution in [3.8, 4) is 0 Å². The van der Waals surface area contributed by atoms with Gasteiger partial charge in [0.1, 0.15) is 0 Å². The molecule has 0 unspecified atom stereocenters. The van der Waals surface area contributed by atoms with Crippen LogP contribution in [-0.4, -0.2) is 16.6 Å². The number of H-pyrrole nitrogens is 1. The van der Waals surface area contributed by atoms with Crippen LogP contribution in [0.4, 0.5) is 5.82 Å². The lowest BCUT2D eigenvalue weighted by molar-refractivity contribution is -0.105. The summed E-state index contributed by atoms with van der Waals surface area (Å²) in [6, 6.07) is 1.74. The topological polar surface area (TPSA) is 57.8 Å². The Hall–Kier alpha value is -1.32. The van der Waals surface area contributed by atoms with E-state index in [-0.39, 0.29) is 0 Å². The first-order valence-corrected chi connectivity index (χ1v) is 2.55. The fraction of sp³-hybridized carbons (Fsp3) is 0.200. The van der Waals surface area contributed by atoms with Gasteiger partial charge in [0, 0.05) is 11.8 Å².